The molecule has 0 atom stereocenters. The molecule has 2 aromatic rings. The number of hydrogen-bond donors (Lipinski definition) is 1. The maximum absolute atomic E-state index is 11.0. The fourth-order valence-electron chi connectivity index (χ4n) is 1.67. The van der Waals surface area contributed by atoms with Crippen molar-refractivity contribution in [2.75, 3.05) is 7.11 Å². The van der Waals surface area contributed by atoms with Gasteiger partial charge in [0.15, 0.2) is 0 Å². The third kappa shape index (κ3) is 3.27. The van der Waals surface area contributed by atoms with E-state index in [-0.39, 0.29) is 22.7 Å². The molecule has 0 saturated heterocycles. The van der Waals surface area contributed by atoms with Gasteiger partial charge < -0.3 is 14.6 Å². The van der Waals surface area contributed by atoms with Gasteiger partial charge in [0.25, 0.3) is 0 Å². The molecule has 0 bridgehead atoms. The van der Waals surface area contributed by atoms with Gasteiger partial charge in [0.1, 0.15) is 11.5 Å². The van der Waals surface area contributed by atoms with Crippen LogP contribution in [0.25, 0.3) is 0 Å². The molecular weight excluding hydrogens is 278 g/mol. The quantitative estimate of drug-likeness (QED) is 0.670. The third-order valence-electron chi connectivity index (χ3n) is 2.67. The number of nitrogens with zero attached hydrogens (tertiary/aromatic N) is 1. The minimum atomic E-state index is -1.11. The molecule has 0 amide bonds. The Bertz CT molecular complexity index is 698. The summed E-state index contributed by atoms with van der Waals surface area (Å²) < 4.78 is 10.3. The van der Waals surface area contributed by atoms with Crippen LogP contribution in [0.2, 0.25) is 0 Å². The van der Waals surface area contributed by atoms with Crippen molar-refractivity contribution in [3.05, 3.63) is 58.1 Å². The molecule has 0 heterocycles. The lowest BCUT2D eigenvalue weighted by Gasteiger charge is -2.08. The molecule has 0 aliphatic heterocycles. The predicted molar refractivity (Wildman–Crippen MR) is 73.1 cm³/mol. The first-order valence-corrected chi connectivity index (χ1v) is 5.85. The first-order chi connectivity index (χ1) is 10.0. The Morgan fingerprint density at radius 1 is 1.19 bits per heavy atom. The highest BCUT2D eigenvalue weighted by Crippen LogP contribution is 2.34. The van der Waals surface area contributed by atoms with Crippen LogP contribution in [0.15, 0.2) is 42.5 Å². The van der Waals surface area contributed by atoms with Crippen LogP contribution in [0.5, 0.6) is 17.2 Å². The molecule has 0 spiro atoms. The Labute approximate surface area is 119 Å². The molecule has 0 unspecified atom stereocenters. The van der Waals surface area contributed by atoms with Crippen LogP contribution in [0, 0.1) is 10.1 Å². The van der Waals surface area contributed by atoms with Gasteiger partial charge in [-0.05, 0) is 30.3 Å². The zero-order valence-electron chi connectivity index (χ0n) is 11.0. The molecule has 0 aliphatic carbocycles. The van der Waals surface area contributed by atoms with Gasteiger partial charge in [-0.1, -0.05) is 6.07 Å². The summed E-state index contributed by atoms with van der Waals surface area (Å²) in [7, 11) is 1.40. The van der Waals surface area contributed by atoms with Gasteiger partial charge in [-0.15, -0.1) is 0 Å². The largest absolute Gasteiger partial charge is 0.496 e. The number of carboxylic acid groups (broad SMARTS) is 1. The van der Waals surface area contributed by atoms with E-state index in [1.54, 1.807) is 0 Å². The van der Waals surface area contributed by atoms with Gasteiger partial charge in [0.05, 0.1) is 23.7 Å². The lowest BCUT2D eigenvalue weighted by Crippen LogP contribution is -1.97. The standard InChI is InChI=1S/C14H11NO6/c1-20-10-5-6-13(12(8-10)15(18)19)21-11-4-2-3-9(7-11)14(16)17/h2-8H,1H3,(H,16,17). The van der Waals surface area contributed by atoms with Crippen molar-refractivity contribution < 1.29 is 24.3 Å². The number of benzene rings is 2. The molecule has 0 saturated carbocycles. The summed E-state index contributed by atoms with van der Waals surface area (Å²) in [6.45, 7) is 0. The number of carboxylic acids is 1. The van der Waals surface area contributed by atoms with Gasteiger partial charge in [-0.2, -0.15) is 0 Å². The maximum Gasteiger partial charge on any atom is 0.335 e. The number of aromatic carboxylic acids is 1. The maximum atomic E-state index is 11.0. The zero-order chi connectivity index (χ0) is 15.4. The summed E-state index contributed by atoms with van der Waals surface area (Å²) in [4.78, 5) is 21.3. The number of nitro benzene ring substituents is 1. The van der Waals surface area contributed by atoms with Crippen molar-refractivity contribution in [2.24, 2.45) is 0 Å². The Morgan fingerprint density at radius 3 is 2.57 bits per heavy atom. The van der Waals surface area contributed by atoms with E-state index >= 15 is 0 Å². The zero-order valence-corrected chi connectivity index (χ0v) is 11.0. The van der Waals surface area contributed by atoms with Gasteiger partial charge in [-0.3, -0.25) is 10.1 Å². The number of hydrogen-bond acceptors (Lipinski definition) is 5. The number of nitro groups is 1. The Kier molecular flexibility index (Phi) is 4.03. The van der Waals surface area contributed by atoms with E-state index in [0.29, 0.717) is 5.75 Å². The van der Waals surface area contributed by atoms with Crippen LogP contribution in [0.3, 0.4) is 0 Å². The Hall–Kier alpha value is -3.09. The van der Waals surface area contributed by atoms with Crippen LogP contribution in [-0.2, 0) is 0 Å². The number of ether oxygens (including phenoxy) is 2. The van der Waals surface area contributed by atoms with E-state index in [0.717, 1.165) is 0 Å². The van der Waals surface area contributed by atoms with Crippen molar-refractivity contribution in [1.29, 1.82) is 0 Å². The van der Waals surface area contributed by atoms with Crippen molar-refractivity contribution in [2.45, 2.75) is 0 Å². The summed E-state index contributed by atoms with van der Waals surface area (Å²) in [5.41, 5.74) is -0.237. The van der Waals surface area contributed by atoms with Crippen LogP contribution in [-0.4, -0.2) is 23.1 Å². The molecule has 7 heteroatoms. The molecule has 0 aromatic heterocycles. The smallest absolute Gasteiger partial charge is 0.335 e. The summed E-state index contributed by atoms with van der Waals surface area (Å²) in [6, 6.07) is 9.84. The molecule has 2 aromatic carbocycles. The average molecular weight is 289 g/mol. The normalized spacial score (nSPS) is 9.95. The van der Waals surface area contributed by atoms with Gasteiger partial charge in [-0.25, -0.2) is 4.79 Å². The highest BCUT2D eigenvalue weighted by Gasteiger charge is 2.17. The summed E-state index contributed by atoms with van der Waals surface area (Å²) in [6.07, 6.45) is 0. The average Bonchev–Trinajstić information content (AvgIpc) is 2.47. The second-order valence-corrected chi connectivity index (χ2v) is 4.03. The highest BCUT2D eigenvalue weighted by molar-refractivity contribution is 5.88. The molecule has 21 heavy (non-hydrogen) atoms. The van der Waals surface area contributed by atoms with Crippen LogP contribution >= 0.6 is 0 Å². The molecule has 2 rings (SSSR count). The molecular formula is C14H11NO6. The van der Waals surface area contributed by atoms with E-state index in [1.807, 2.05) is 0 Å². The first-order valence-electron chi connectivity index (χ1n) is 5.85. The summed E-state index contributed by atoms with van der Waals surface area (Å²) in [5, 5.41) is 19.9. The molecule has 0 fully saturated rings. The topological polar surface area (TPSA) is 98.9 Å². The molecule has 0 radical (unpaired) electrons. The first kappa shape index (κ1) is 14.3. The van der Waals surface area contributed by atoms with E-state index in [2.05, 4.69) is 0 Å². The Morgan fingerprint density at radius 2 is 1.95 bits per heavy atom. The van der Waals surface area contributed by atoms with E-state index in [1.165, 1.54) is 49.6 Å². The number of rotatable bonds is 5. The fraction of sp³-hybridized carbons (Fsp3) is 0.0714. The predicted octanol–water partition coefficient (Wildman–Crippen LogP) is 3.09. The fourth-order valence-corrected chi connectivity index (χ4v) is 1.67. The van der Waals surface area contributed by atoms with Gasteiger partial charge in [0, 0.05) is 0 Å². The van der Waals surface area contributed by atoms with Crippen molar-refractivity contribution >= 4 is 11.7 Å². The minimum absolute atomic E-state index is 0.00309. The monoisotopic (exact) mass is 289 g/mol. The lowest BCUT2D eigenvalue weighted by molar-refractivity contribution is -0.385. The van der Waals surface area contributed by atoms with Crippen LogP contribution < -0.4 is 9.47 Å². The van der Waals surface area contributed by atoms with Crippen LogP contribution in [0.1, 0.15) is 10.4 Å². The Balaban J connectivity index is 2.37. The second kappa shape index (κ2) is 5.91. The van der Waals surface area contributed by atoms with Crippen molar-refractivity contribution in [1.82, 2.24) is 0 Å². The molecule has 108 valence electrons. The van der Waals surface area contributed by atoms with E-state index in [4.69, 9.17) is 14.6 Å². The van der Waals surface area contributed by atoms with E-state index < -0.39 is 10.9 Å². The van der Waals surface area contributed by atoms with E-state index in [9.17, 15) is 14.9 Å². The van der Waals surface area contributed by atoms with Gasteiger partial charge in [0.2, 0.25) is 5.75 Å². The minimum Gasteiger partial charge on any atom is -0.496 e. The summed E-state index contributed by atoms with van der Waals surface area (Å²) >= 11 is 0. The molecule has 0 aliphatic rings. The van der Waals surface area contributed by atoms with Crippen LogP contribution in [0.4, 0.5) is 5.69 Å². The molecule has 1 N–H and O–H groups in total. The number of carbonyl (C=O) groups is 1. The SMILES string of the molecule is COc1ccc(Oc2cccc(C(=O)O)c2)c([N+](=O)[O-])c1. The lowest BCUT2D eigenvalue weighted by atomic mass is 10.2. The molecule has 7 nitrogen and oxygen atoms in total. The highest BCUT2D eigenvalue weighted by atomic mass is 16.6. The third-order valence-corrected chi connectivity index (χ3v) is 2.67. The van der Waals surface area contributed by atoms with Gasteiger partial charge >= 0.3 is 11.7 Å². The van der Waals surface area contributed by atoms with Crippen molar-refractivity contribution in [3.63, 3.8) is 0 Å². The van der Waals surface area contributed by atoms with Crippen molar-refractivity contribution in [3.8, 4) is 17.2 Å². The second-order valence-electron chi connectivity index (χ2n) is 4.03. The summed E-state index contributed by atoms with van der Waals surface area (Å²) in [5.74, 6) is -0.579. The number of methoxy groups -OCH3 is 1.